The average molecular weight is 290 g/mol. The molecule has 2 aromatic rings. The Bertz CT molecular complexity index is 648. The van der Waals surface area contributed by atoms with Gasteiger partial charge in [-0.25, -0.2) is 9.37 Å². The summed E-state index contributed by atoms with van der Waals surface area (Å²) in [4.78, 5) is 19.5. The lowest BCUT2D eigenvalue weighted by atomic mass is 10.1. The van der Waals surface area contributed by atoms with Gasteiger partial charge in [0.15, 0.2) is 0 Å². The van der Waals surface area contributed by atoms with Gasteiger partial charge in [0.05, 0.1) is 6.20 Å². The Kier molecular flexibility index (Phi) is 4.31. The van der Waals surface area contributed by atoms with Crippen LogP contribution in [0.4, 0.5) is 4.39 Å². The number of rotatable bonds is 4. The molecule has 0 fully saturated rings. The van der Waals surface area contributed by atoms with Crippen LogP contribution in [-0.4, -0.2) is 20.9 Å². The standard InChI is InChI=1S/C13H11FN4OS/c14-10-5-8(12(15)20)1-2-9(10)6-18-13(19)11-7-16-3-4-17-11/h1-5,7H,6H2,(H2,15,20)(H,18,19). The second-order valence-corrected chi connectivity index (χ2v) is 4.38. The summed E-state index contributed by atoms with van der Waals surface area (Å²) in [6.07, 6.45) is 4.21. The molecule has 3 N–H and O–H groups in total. The van der Waals surface area contributed by atoms with Gasteiger partial charge in [-0.3, -0.25) is 9.78 Å². The van der Waals surface area contributed by atoms with E-state index in [0.717, 1.165) is 0 Å². The molecule has 0 saturated heterocycles. The normalized spacial score (nSPS) is 10.1. The van der Waals surface area contributed by atoms with Crippen LogP contribution in [0.25, 0.3) is 0 Å². The zero-order valence-electron chi connectivity index (χ0n) is 10.3. The van der Waals surface area contributed by atoms with E-state index in [9.17, 15) is 9.18 Å². The molecule has 1 aromatic heterocycles. The van der Waals surface area contributed by atoms with Crippen molar-refractivity contribution in [2.45, 2.75) is 6.54 Å². The monoisotopic (exact) mass is 290 g/mol. The number of aromatic nitrogens is 2. The van der Waals surface area contributed by atoms with Crippen LogP contribution >= 0.6 is 12.2 Å². The van der Waals surface area contributed by atoms with Crippen LogP contribution in [0.5, 0.6) is 0 Å². The zero-order chi connectivity index (χ0) is 14.5. The fourth-order valence-electron chi connectivity index (χ4n) is 1.53. The third kappa shape index (κ3) is 3.33. The van der Waals surface area contributed by atoms with Crippen LogP contribution in [0, 0.1) is 5.82 Å². The van der Waals surface area contributed by atoms with E-state index in [4.69, 9.17) is 18.0 Å². The molecule has 0 aliphatic carbocycles. The first-order chi connectivity index (χ1) is 9.58. The summed E-state index contributed by atoms with van der Waals surface area (Å²) in [5.74, 6) is -0.898. The van der Waals surface area contributed by atoms with Crippen LogP contribution in [0.15, 0.2) is 36.8 Å². The lowest BCUT2D eigenvalue weighted by Gasteiger charge is -2.07. The molecular formula is C13H11FN4OS. The quantitative estimate of drug-likeness (QED) is 0.826. The molecule has 0 saturated carbocycles. The number of nitrogens with two attached hydrogens (primary N) is 1. The van der Waals surface area contributed by atoms with Gasteiger partial charge in [-0.1, -0.05) is 24.4 Å². The lowest BCUT2D eigenvalue weighted by Crippen LogP contribution is -2.24. The minimum absolute atomic E-state index is 0.0405. The van der Waals surface area contributed by atoms with E-state index in [0.29, 0.717) is 11.1 Å². The fraction of sp³-hybridized carbons (Fsp3) is 0.0769. The molecule has 0 spiro atoms. The Hall–Kier alpha value is -2.41. The Morgan fingerprint density at radius 1 is 1.40 bits per heavy atom. The number of nitrogens with one attached hydrogen (secondary N) is 1. The molecule has 1 amide bonds. The van der Waals surface area contributed by atoms with E-state index in [2.05, 4.69) is 15.3 Å². The topological polar surface area (TPSA) is 80.9 Å². The molecule has 20 heavy (non-hydrogen) atoms. The van der Waals surface area contributed by atoms with Crippen molar-refractivity contribution in [1.29, 1.82) is 0 Å². The van der Waals surface area contributed by atoms with Crippen molar-refractivity contribution in [3.63, 3.8) is 0 Å². The molecule has 0 radical (unpaired) electrons. The number of benzene rings is 1. The van der Waals surface area contributed by atoms with Crippen LogP contribution in [0.1, 0.15) is 21.6 Å². The van der Waals surface area contributed by atoms with E-state index in [1.54, 1.807) is 6.07 Å². The van der Waals surface area contributed by atoms with Gasteiger partial charge in [-0.2, -0.15) is 0 Å². The molecule has 2 rings (SSSR count). The minimum atomic E-state index is -0.477. The summed E-state index contributed by atoms with van der Waals surface area (Å²) < 4.78 is 13.8. The van der Waals surface area contributed by atoms with Crippen molar-refractivity contribution in [2.75, 3.05) is 0 Å². The van der Waals surface area contributed by atoms with Crippen LogP contribution < -0.4 is 11.1 Å². The van der Waals surface area contributed by atoms with Gasteiger partial charge < -0.3 is 11.1 Å². The first kappa shape index (κ1) is 14.0. The highest BCUT2D eigenvalue weighted by Crippen LogP contribution is 2.10. The van der Waals surface area contributed by atoms with Gasteiger partial charge in [0, 0.05) is 30.1 Å². The molecule has 0 unspecified atom stereocenters. The zero-order valence-corrected chi connectivity index (χ0v) is 11.2. The van der Waals surface area contributed by atoms with Gasteiger partial charge in [0.2, 0.25) is 0 Å². The predicted molar refractivity (Wildman–Crippen MR) is 75.5 cm³/mol. The van der Waals surface area contributed by atoms with Crippen molar-refractivity contribution >= 4 is 23.1 Å². The first-order valence-electron chi connectivity index (χ1n) is 5.70. The molecule has 102 valence electrons. The molecule has 0 atom stereocenters. The summed E-state index contributed by atoms with van der Waals surface area (Å²) >= 11 is 4.76. The molecule has 1 aromatic carbocycles. The lowest BCUT2D eigenvalue weighted by molar-refractivity contribution is 0.0945. The number of amides is 1. The van der Waals surface area contributed by atoms with Crippen molar-refractivity contribution in [3.8, 4) is 0 Å². The number of carbonyl (C=O) groups is 1. The van der Waals surface area contributed by atoms with E-state index >= 15 is 0 Å². The molecule has 0 aliphatic rings. The molecule has 0 bridgehead atoms. The van der Waals surface area contributed by atoms with Gasteiger partial charge in [0.25, 0.3) is 5.91 Å². The van der Waals surface area contributed by atoms with Crippen molar-refractivity contribution in [1.82, 2.24) is 15.3 Å². The number of thiocarbonyl (C=S) groups is 1. The fourth-order valence-corrected chi connectivity index (χ4v) is 1.65. The first-order valence-corrected chi connectivity index (χ1v) is 6.11. The predicted octanol–water partition coefficient (Wildman–Crippen LogP) is 1.18. The number of nitrogens with zero attached hydrogens (tertiary/aromatic N) is 2. The van der Waals surface area contributed by atoms with E-state index < -0.39 is 11.7 Å². The summed E-state index contributed by atoms with van der Waals surface area (Å²) in [7, 11) is 0. The Labute approximate surface area is 120 Å². The third-order valence-electron chi connectivity index (χ3n) is 2.57. The summed E-state index contributed by atoms with van der Waals surface area (Å²) in [5.41, 5.74) is 6.37. The van der Waals surface area contributed by atoms with E-state index in [1.165, 1.54) is 30.7 Å². The Morgan fingerprint density at radius 3 is 2.80 bits per heavy atom. The van der Waals surface area contributed by atoms with Crippen molar-refractivity contribution in [3.05, 3.63) is 59.4 Å². The van der Waals surface area contributed by atoms with E-state index in [-0.39, 0.29) is 17.2 Å². The van der Waals surface area contributed by atoms with Crippen LogP contribution in [0.2, 0.25) is 0 Å². The third-order valence-corrected chi connectivity index (χ3v) is 2.81. The second kappa shape index (κ2) is 6.16. The Morgan fingerprint density at radius 2 is 2.20 bits per heavy atom. The number of hydrogen-bond donors (Lipinski definition) is 2. The van der Waals surface area contributed by atoms with Crippen LogP contribution in [0.3, 0.4) is 0 Å². The average Bonchev–Trinajstić information content (AvgIpc) is 2.46. The smallest absolute Gasteiger partial charge is 0.271 e. The Balaban J connectivity index is 2.04. The van der Waals surface area contributed by atoms with Gasteiger partial charge in [-0.15, -0.1) is 0 Å². The highest BCUT2D eigenvalue weighted by atomic mass is 32.1. The highest BCUT2D eigenvalue weighted by Gasteiger charge is 2.09. The maximum Gasteiger partial charge on any atom is 0.271 e. The van der Waals surface area contributed by atoms with Gasteiger partial charge in [-0.05, 0) is 6.07 Å². The van der Waals surface area contributed by atoms with Crippen molar-refractivity contribution < 1.29 is 9.18 Å². The minimum Gasteiger partial charge on any atom is -0.389 e. The number of halogens is 1. The molecular weight excluding hydrogens is 279 g/mol. The second-order valence-electron chi connectivity index (χ2n) is 3.94. The summed E-state index contributed by atoms with van der Waals surface area (Å²) in [5, 5.41) is 2.56. The summed E-state index contributed by atoms with van der Waals surface area (Å²) in [6, 6.07) is 4.38. The van der Waals surface area contributed by atoms with Crippen LogP contribution in [-0.2, 0) is 6.54 Å². The molecule has 1 heterocycles. The maximum absolute atomic E-state index is 13.8. The van der Waals surface area contributed by atoms with Crippen molar-refractivity contribution in [2.24, 2.45) is 5.73 Å². The molecule has 5 nitrogen and oxygen atoms in total. The number of hydrogen-bond acceptors (Lipinski definition) is 4. The molecule has 0 aliphatic heterocycles. The largest absolute Gasteiger partial charge is 0.389 e. The number of carbonyl (C=O) groups excluding carboxylic acids is 1. The maximum atomic E-state index is 13.8. The SMILES string of the molecule is NC(=S)c1ccc(CNC(=O)c2cnccn2)c(F)c1. The molecule has 7 heteroatoms. The summed E-state index contributed by atoms with van der Waals surface area (Å²) in [6.45, 7) is 0.0405. The van der Waals surface area contributed by atoms with Gasteiger partial charge >= 0.3 is 0 Å². The van der Waals surface area contributed by atoms with E-state index in [1.807, 2.05) is 0 Å². The van der Waals surface area contributed by atoms with Gasteiger partial charge in [0.1, 0.15) is 16.5 Å². The highest BCUT2D eigenvalue weighted by molar-refractivity contribution is 7.80.